The lowest BCUT2D eigenvalue weighted by molar-refractivity contribution is -0.00530. The van der Waals surface area contributed by atoms with E-state index in [1.54, 1.807) is 0 Å². The van der Waals surface area contributed by atoms with Crippen molar-refractivity contribution in [3.8, 4) is 51.4 Å². The Kier molecular flexibility index (Phi) is 7.33. The number of nitriles is 1. The van der Waals surface area contributed by atoms with Crippen LogP contribution >= 0.6 is 0 Å². The second-order valence-corrected chi connectivity index (χ2v) is 19.3. The van der Waals surface area contributed by atoms with Gasteiger partial charge in [0.25, 0.3) is 0 Å². The van der Waals surface area contributed by atoms with Gasteiger partial charge in [-0.15, -0.1) is 0 Å². The van der Waals surface area contributed by atoms with E-state index in [-0.39, 0.29) is 0 Å². The van der Waals surface area contributed by atoms with E-state index >= 15 is 0 Å². The third-order valence-corrected chi connectivity index (χ3v) is 15.7. The van der Waals surface area contributed by atoms with E-state index in [1.165, 1.54) is 88.2 Å². The summed E-state index contributed by atoms with van der Waals surface area (Å²) < 4.78 is 0. The van der Waals surface area contributed by atoms with E-state index in [4.69, 9.17) is 15.0 Å². The molecule has 0 amide bonds. The lowest BCUT2D eigenvalue weighted by Gasteiger charge is -2.57. The van der Waals surface area contributed by atoms with E-state index in [0.717, 1.165) is 85.7 Å². The minimum atomic E-state index is 0.364. The second-order valence-electron chi connectivity index (χ2n) is 19.3. The Morgan fingerprint density at radius 2 is 0.768 bits per heavy atom. The van der Waals surface area contributed by atoms with E-state index in [0.29, 0.717) is 22.2 Å². The molecule has 4 nitrogen and oxygen atoms in total. The van der Waals surface area contributed by atoms with Gasteiger partial charge in [0.1, 0.15) is 0 Å². The van der Waals surface area contributed by atoms with Crippen molar-refractivity contribution in [3.63, 3.8) is 0 Å². The highest BCUT2D eigenvalue weighted by Gasteiger charge is 2.52. The van der Waals surface area contributed by atoms with Crippen LogP contribution in [0.5, 0.6) is 0 Å². The van der Waals surface area contributed by atoms with E-state index in [9.17, 15) is 5.26 Å². The molecule has 0 radical (unpaired) electrons. The third-order valence-electron chi connectivity index (χ3n) is 15.7. The SMILES string of the molecule is N#Cc1ccc(-c2ccc(-c3nc(-c4ccc(C56C[C@H]7C[C@@H](C5)C[C@@H](C6)C7)cc4)nc(-c4ccc(C56C[C@H]7C[C@@H](C5)C[C@@H](C6)C7)cc4)n3)cc2)c2ccccc12. The normalized spacial score (nSPS) is 30.8. The molecule has 1 aromatic heterocycles. The molecule has 6 aromatic rings. The molecule has 14 rings (SSSR count). The molecule has 5 aromatic carbocycles. The van der Waals surface area contributed by atoms with Gasteiger partial charge in [-0.3, -0.25) is 0 Å². The molecule has 0 atom stereocenters. The van der Waals surface area contributed by atoms with Crippen LogP contribution in [0.1, 0.15) is 93.7 Å². The molecule has 1 heterocycles. The van der Waals surface area contributed by atoms with Crippen LogP contribution in [0.2, 0.25) is 0 Å². The van der Waals surface area contributed by atoms with Gasteiger partial charge in [0.2, 0.25) is 0 Å². The molecule has 0 aliphatic heterocycles. The molecular formula is C52H48N4. The summed E-state index contributed by atoms with van der Waals surface area (Å²) in [7, 11) is 0. The van der Waals surface area contributed by atoms with Crippen molar-refractivity contribution < 1.29 is 0 Å². The molecule has 56 heavy (non-hydrogen) atoms. The van der Waals surface area contributed by atoms with Gasteiger partial charge in [0, 0.05) is 22.1 Å². The topological polar surface area (TPSA) is 62.5 Å². The molecule has 0 spiro atoms. The zero-order valence-electron chi connectivity index (χ0n) is 32.1. The van der Waals surface area contributed by atoms with Gasteiger partial charge >= 0.3 is 0 Å². The minimum Gasteiger partial charge on any atom is -0.208 e. The van der Waals surface area contributed by atoms with Gasteiger partial charge in [0.15, 0.2) is 17.5 Å². The van der Waals surface area contributed by atoms with E-state index < -0.39 is 0 Å². The van der Waals surface area contributed by atoms with Crippen molar-refractivity contribution in [1.29, 1.82) is 5.26 Å². The largest absolute Gasteiger partial charge is 0.208 e. The number of hydrogen-bond acceptors (Lipinski definition) is 4. The molecule has 0 N–H and O–H groups in total. The van der Waals surface area contributed by atoms with Crippen LogP contribution in [0.3, 0.4) is 0 Å². The highest BCUT2D eigenvalue weighted by molar-refractivity contribution is 5.99. The van der Waals surface area contributed by atoms with Gasteiger partial charge in [0.05, 0.1) is 11.6 Å². The van der Waals surface area contributed by atoms with E-state index in [1.807, 2.05) is 24.3 Å². The molecule has 0 unspecified atom stereocenters. The monoisotopic (exact) mass is 728 g/mol. The zero-order valence-corrected chi connectivity index (χ0v) is 32.1. The second kappa shape index (κ2) is 12.4. The average Bonchev–Trinajstić information content (AvgIpc) is 3.22. The Morgan fingerprint density at radius 3 is 1.16 bits per heavy atom. The summed E-state index contributed by atoms with van der Waals surface area (Å²) in [5.41, 5.74) is 9.76. The van der Waals surface area contributed by atoms with Crippen molar-refractivity contribution in [2.24, 2.45) is 35.5 Å². The first-order valence-electron chi connectivity index (χ1n) is 21.5. The highest BCUT2D eigenvalue weighted by atomic mass is 15.0. The Hall–Kier alpha value is -5.14. The molecule has 8 aliphatic rings. The van der Waals surface area contributed by atoms with Gasteiger partial charge in [-0.2, -0.15) is 5.26 Å². The average molecular weight is 729 g/mol. The van der Waals surface area contributed by atoms with Crippen LogP contribution in [-0.4, -0.2) is 15.0 Å². The molecule has 8 saturated carbocycles. The lowest BCUT2D eigenvalue weighted by Crippen LogP contribution is -2.48. The summed E-state index contributed by atoms with van der Waals surface area (Å²) >= 11 is 0. The lowest BCUT2D eigenvalue weighted by atomic mass is 9.48. The predicted molar refractivity (Wildman–Crippen MR) is 223 cm³/mol. The fourth-order valence-electron chi connectivity index (χ4n) is 14.1. The summed E-state index contributed by atoms with van der Waals surface area (Å²) in [6.45, 7) is 0. The van der Waals surface area contributed by atoms with Crippen LogP contribution in [0, 0.1) is 46.8 Å². The number of fused-ring (bicyclic) bond motifs is 1. The maximum absolute atomic E-state index is 9.74. The van der Waals surface area contributed by atoms with Crippen LogP contribution in [-0.2, 0) is 10.8 Å². The van der Waals surface area contributed by atoms with Crippen molar-refractivity contribution in [2.75, 3.05) is 0 Å². The quantitative estimate of drug-likeness (QED) is 0.171. The number of nitrogens with zero attached hydrogens (tertiary/aromatic N) is 4. The number of hydrogen-bond donors (Lipinski definition) is 0. The van der Waals surface area contributed by atoms with Gasteiger partial charge in [-0.1, -0.05) is 103 Å². The smallest absolute Gasteiger partial charge is 0.164 e. The van der Waals surface area contributed by atoms with Crippen molar-refractivity contribution in [2.45, 2.75) is 87.9 Å². The first kappa shape index (κ1) is 33.0. The third kappa shape index (κ3) is 5.33. The standard InChI is InChI=1S/C52H48N4/c53-31-42-13-18-46(47-4-2-1-3-45(42)47)38-5-7-39(8-6-38)48-54-49(40-9-14-43(15-10-40)51-25-32-19-33(26-51)21-34(20-32)27-51)56-50(55-48)41-11-16-44(17-12-41)52-28-35-22-36(29-52)24-37(23-35)30-52/h1-18,32-37H,19-30H2/t32-,33+,34-,35-,36+,37-,51?,52?. The fourth-order valence-corrected chi connectivity index (χ4v) is 14.1. The maximum atomic E-state index is 9.74. The number of aromatic nitrogens is 3. The molecule has 0 saturated heterocycles. The fraction of sp³-hybridized carbons (Fsp3) is 0.385. The number of benzene rings is 5. The molecule has 8 fully saturated rings. The summed E-state index contributed by atoms with van der Waals surface area (Å²) in [5, 5.41) is 11.8. The van der Waals surface area contributed by atoms with E-state index in [2.05, 4.69) is 91.0 Å². The molecule has 276 valence electrons. The first-order chi connectivity index (χ1) is 27.5. The van der Waals surface area contributed by atoms with Gasteiger partial charge < -0.3 is 0 Å². The van der Waals surface area contributed by atoms with Crippen LogP contribution in [0.4, 0.5) is 0 Å². The summed E-state index contributed by atoms with van der Waals surface area (Å²) in [6, 6.07) is 41.9. The van der Waals surface area contributed by atoms with Gasteiger partial charge in [-0.05, 0) is 157 Å². The molecule has 4 heteroatoms. The summed E-state index contributed by atoms with van der Waals surface area (Å²) in [6.07, 6.45) is 17.0. The summed E-state index contributed by atoms with van der Waals surface area (Å²) in [5.74, 6) is 7.69. The Bertz CT molecular complexity index is 2360. The van der Waals surface area contributed by atoms with Gasteiger partial charge in [-0.25, -0.2) is 15.0 Å². The Labute approximate surface area is 330 Å². The Morgan fingerprint density at radius 1 is 0.411 bits per heavy atom. The number of rotatable bonds is 6. The van der Waals surface area contributed by atoms with Crippen molar-refractivity contribution >= 4 is 10.8 Å². The molecular weight excluding hydrogens is 681 g/mol. The van der Waals surface area contributed by atoms with Crippen LogP contribution < -0.4 is 0 Å². The van der Waals surface area contributed by atoms with Crippen LogP contribution in [0.25, 0.3) is 56.1 Å². The molecule has 8 aliphatic carbocycles. The van der Waals surface area contributed by atoms with Crippen molar-refractivity contribution in [3.05, 3.63) is 126 Å². The maximum Gasteiger partial charge on any atom is 0.164 e. The highest BCUT2D eigenvalue weighted by Crippen LogP contribution is 2.62. The Balaban J connectivity index is 0.914. The predicted octanol–water partition coefficient (Wildman–Crippen LogP) is 12.5. The summed E-state index contributed by atoms with van der Waals surface area (Å²) in [4.78, 5) is 15.6. The molecule has 8 bridgehead atoms. The zero-order chi connectivity index (χ0) is 37.0. The van der Waals surface area contributed by atoms with Crippen molar-refractivity contribution in [1.82, 2.24) is 15.0 Å². The minimum absolute atomic E-state index is 0.364. The van der Waals surface area contributed by atoms with Crippen LogP contribution in [0.15, 0.2) is 109 Å². The first-order valence-corrected chi connectivity index (χ1v) is 21.5.